The van der Waals surface area contributed by atoms with Crippen molar-refractivity contribution in [2.45, 2.75) is 6.61 Å². The van der Waals surface area contributed by atoms with Crippen molar-refractivity contribution in [1.82, 2.24) is 9.97 Å². The summed E-state index contributed by atoms with van der Waals surface area (Å²) in [6, 6.07) is 13.4. The van der Waals surface area contributed by atoms with Crippen molar-refractivity contribution in [2.75, 3.05) is 0 Å². The van der Waals surface area contributed by atoms with Gasteiger partial charge >= 0.3 is 0 Å². The van der Waals surface area contributed by atoms with E-state index in [1.807, 2.05) is 30.3 Å². The Kier molecular flexibility index (Phi) is 3.52. The van der Waals surface area contributed by atoms with E-state index >= 15 is 0 Å². The van der Waals surface area contributed by atoms with Gasteiger partial charge in [0.05, 0.1) is 21.7 Å². The molecular formula is C15H11BrN2O2. The summed E-state index contributed by atoms with van der Waals surface area (Å²) < 4.78 is 6.46. The first-order valence-electron chi connectivity index (χ1n) is 6.08. The standard InChI is InChI=1S/C15H11BrN2O2/c16-13-12(20-8-10-4-2-1-3-5-10)7-6-11-14(13)17-9-18-15(11)19/h1-7,9H,8H2,(H,17,18,19). The van der Waals surface area contributed by atoms with Crippen LogP contribution in [0.25, 0.3) is 10.9 Å². The minimum Gasteiger partial charge on any atom is -0.488 e. The van der Waals surface area contributed by atoms with Crippen molar-refractivity contribution < 1.29 is 4.74 Å². The van der Waals surface area contributed by atoms with Crippen LogP contribution in [0.3, 0.4) is 0 Å². The number of aromatic nitrogens is 2. The lowest BCUT2D eigenvalue weighted by atomic mass is 10.2. The molecule has 0 saturated carbocycles. The number of nitrogens with zero attached hydrogens (tertiary/aromatic N) is 1. The number of halogens is 1. The third-order valence-corrected chi connectivity index (χ3v) is 3.72. The molecule has 0 radical (unpaired) electrons. The summed E-state index contributed by atoms with van der Waals surface area (Å²) in [4.78, 5) is 18.4. The van der Waals surface area contributed by atoms with Crippen LogP contribution >= 0.6 is 15.9 Å². The van der Waals surface area contributed by atoms with Crippen molar-refractivity contribution in [3.05, 3.63) is 69.2 Å². The highest BCUT2D eigenvalue weighted by molar-refractivity contribution is 9.10. The molecule has 4 nitrogen and oxygen atoms in total. The van der Waals surface area contributed by atoms with Gasteiger partial charge in [-0.05, 0) is 33.6 Å². The van der Waals surface area contributed by atoms with Crippen molar-refractivity contribution >= 4 is 26.8 Å². The fraction of sp³-hybridized carbons (Fsp3) is 0.0667. The number of ether oxygens (including phenoxy) is 1. The molecule has 0 amide bonds. The van der Waals surface area contributed by atoms with Gasteiger partial charge in [0.2, 0.25) is 0 Å². The largest absolute Gasteiger partial charge is 0.488 e. The molecule has 5 heteroatoms. The van der Waals surface area contributed by atoms with Crippen LogP contribution in [0.4, 0.5) is 0 Å². The maximum absolute atomic E-state index is 11.7. The highest BCUT2D eigenvalue weighted by Crippen LogP contribution is 2.30. The molecule has 1 aromatic heterocycles. The Labute approximate surface area is 123 Å². The molecule has 3 aromatic rings. The Bertz CT molecular complexity index is 800. The van der Waals surface area contributed by atoms with Gasteiger partial charge in [-0.1, -0.05) is 30.3 Å². The lowest BCUT2D eigenvalue weighted by Gasteiger charge is -2.09. The lowest BCUT2D eigenvalue weighted by molar-refractivity contribution is 0.304. The molecule has 3 rings (SSSR count). The van der Waals surface area contributed by atoms with E-state index in [1.54, 1.807) is 12.1 Å². The molecule has 0 aliphatic heterocycles. The van der Waals surface area contributed by atoms with Gasteiger partial charge < -0.3 is 9.72 Å². The number of rotatable bonds is 3. The summed E-state index contributed by atoms with van der Waals surface area (Å²) >= 11 is 3.45. The Morgan fingerprint density at radius 1 is 1.15 bits per heavy atom. The molecule has 1 N–H and O–H groups in total. The monoisotopic (exact) mass is 330 g/mol. The van der Waals surface area contributed by atoms with Crippen LogP contribution in [0.5, 0.6) is 5.75 Å². The predicted molar refractivity (Wildman–Crippen MR) is 80.8 cm³/mol. The first-order valence-corrected chi connectivity index (χ1v) is 6.87. The van der Waals surface area contributed by atoms with E-state index in [2.05, 4.69) is 25.9 Å². The average Bonchev–Trinajstić information content (AvgIpc) is 2.48. The minimum absolute atomic E-state index is 0.162. The lowest BCUT2D eigenvalue weighted by Crippen LogP contribution is -2.07. The SMILES string of the molecule is O=c1[nH]cnc2c(Br)c(OCc3ccccc3)ccc12. The van der Waals surface area contributed by atoms with Gasteiger partial charge in [0, 0.05) is 0 Å². The summed E-state index contributed by atoms with van der Waals surface area (Å²) in [6.45, 7) is 0.466. The van der Waals surface area contributed by atoms with Gasteiger partial charge in [0.1, 0.15) is 12.4 Å². The van der Waals surface area contributed by atoms with E-state index in [-0.39, 0.29) is 5.56 Å². The van der Waals surface area contributed by atoms with Gasteiger partial charge in [-0.25, -0.2) is 4.98 Å². The number of fused-ring (bicyclic) bond motifs is 1. The van der Waals surface area contributed by atoms with Crippen molar-refractivity contribution in [3.8, 4) is 5.75 Å². The van der Waals surface area contributed by atoms with E-state index in [0.717, 1.165) is 5.56 Å². The van der Waals surface area contributed by atoms with E-state index in [4.69, 9.17) is 4.74 Å². The molecule has 100 valence electrons. The molecule has 0 bridgehead atoms. The molecule has 1 heterocycles. The van der Waals surface area contributed by atoms with Crippen molar-refractivity contribution in [3.63, 3.8) is 0 Å². The van der Waals surface area contributed by atoms with Crippen molar-refractivity contribution in [2.24, 2.45) is 0 Å². The second kappa shape index (κ2) is 5.46. The molecule has 2 aromatic carbocycles. The fourth-order valence-corrected chi connectivity index (χ4v) is 2.50. The number of hydrogen-bond donors (Lipinski definition) is 1. The molecular weight excluding hydrogens is 320 g/mol. The molecule has 0 spiro atoms. The zero-order valence-corrected chi connectivity index (χ0v) is 12.1. The first-order chi connectivity index (χ1) is 9.75. The molecule has 20 heavy (non-hydrogen) atoms. The Hall–Kier alpha value is -2.14. The van der Waals surface area contributed by atoms with Gasteiger partial charge in [-0.2, -0.15) is 0 Å². The number of hydrogen-bond acceptors (Lipinski definition) is 3. The second-order valence-corrected chi connectivity index (χ2v) is 5.07. The van der Waals surface area contributed by atoms with Gasteiger partial charge in [0.25, 0.3) is 5.56 Å². The van der Waals surface area contributed by atoms with E-state index in [0.29, 0.717) is 27.7 Å². The van der Waals surface area contributed by atoms with Gasteiger partial charge in [0.15, 0.2) is 0 Å². The molecule has 0 unspecified atom stereocenters. The third-order valence-electron chi connectivity index (χ3n) is 2.95. The number of aromatic amines is 1. The number of nitrogens with one attached hydrogen (secondary N) is 1. The predicted octanol–water partition coefficient (Wildman–Crippen LogP) is 3.26. The Morgan fingerprint density at radius 2 is 1.95 bits per heavy atom. The molecule has 0 aliphatic carbocycles. The Morgan fingerprint density at radius 3 is 2.75 bits per heavy atom. The highest BCUT2D eigenvalue weighted by atomic mass is 79.9. The van der Waals surface area contributed by atoms with Crippen molar-refractivity contribution in [1.29, 1.82) is 0 Å². The summed E-state index contributed by atoms with van der Waals surface area (Å²) in [5.74, 6) is 0.666. The molecule has 0 aliphatic rings. The van der Waals surface area contributed by atoms with E-state index < -0.39 is 0 Å². The smallest absolute Gasteiger partial charge is 0.258 e. The summed E-state index contributed by atoms with van der Waals surface area (Å²) in [7, 11) is 0. The first kappa shape index (κ1) is 12.9. The zero-order valence-electron chi connectivity index (χ0n) is 10.5. The van der Waals surface area contributed by atoms with Crippen LogP contribution in [-0.4, -0.2) is 9.97 Å². The van der Waals surface area contributed by atoms with Crippen LogP contribution in [-0.2, 0) is 6.61 Å². The third kappa shape index (κ3) is 2.44. The maximum Gasteiger partial charge on any atom is 0.258 e. The molecule has 0 saturated heterocycles. The minimum atomic E-state index is -0.162. The topological polar surface area (TPSA) is 55.0 Å². The second-order valence-electron chi connectivity index (χ2n) is 4.28. The quantitative estimate of drug-likeness (QED) is 0.801. The summed E-state index contributed by atoms with van der Waals surface area (Å²) in [5, 5.41) is 0.534. The highest BCUT2D eigenvalue weighted by Gasteiger charge is 2.09. The normalized spacial score (nSPS) is 10.7. The summed E-state index contributed by atoms with van der Waals surface area (Å²) in [6.07, 6.45) is 1.39. The average molecular weight is 331 g/mol. The van der Waals surface area contributed by atoms with Gasteiger partial charge in [-0.15, -0.1) is 0 Å². The Balaban J connectivity index is 1.93. The number of benzene rings is 2. The van der Waals surface area contributed by atoms with Crippen LogP contribution < -0.4 is 10.3 Å². The number of H-pyrrole nitrogens is 1. The van der Waals surface area contributed by atoms with Crippen LogP contribution in [0, 0.1) is 0 Å². The summed E-state index contributed by atoms with van der Waals surface area (Å²) in [5.41, 5.74) is 1.52. The van der Waals surface area contributed by atoms with Gasteiger partial charge in [-0.3, -0.25) is 4.79 Å². The molecule has 0 fully saturated rings. The zero-order chi connectivity index (χ0) is 13.9. The fourth-order valence-electron chi connectivity index (χ4n) is 1.94. The van der Waals surface area contributed by atoms with Crippen LogP contribution in [0.1, 0.15) is 5.56 Å². The van der Waals surface area contributed by atoms with Crippen LogP contribution in [0.2, 0.25) is 0 Å². The van der Waals surface area contributed by atoms with E-state index in [1.165, 1.54) is 6.33 Å². The maximum atomic E-state index is 11.7. The molecule has 0 atom stereocenters. The van der Waals surface area contributed by atoms with E-state index in [9.17, 15) is 4.79 Å². The van der Waals surface area contributed by atoms with Crippen LogP contribution in [0.15, 0.2) is 58.1 Å².